The largest absolute Gasteiger partial charge is 0.368 e. The molecule has 3 N–H and O–H groups in total. The number of aromatic nitrogens is 2. The van der Waals surface area contributed by atoms with Crippen molar-refractivity contribution in [1.82, 2.24) is 14.9 Å². The molecule has 0 aliphatic rings. The zero-order valence-corrected chi connectivity index (χ0v) is 13.6. The predicted molar refractivity (Wildman–Crippen MR) is 92.2 cm³/mol. The minimum Gasteiger partial charge on any atom is -0.368 e. The molecular weight excluding hydrogens is 323 g/mol. The summed E-state index contributed by atoms with van der Waals surface area (Å²) in [5.41, 5.74) is 6.42. The van der Waals surface area contributed by atoms with Gasteiger partial charge in [-0.3, -0.25) is 14.5 Å². The van der Waals surface area contributed by atoms with Crippen LogP contribution in [0, 0.1) is 5.82 Å². The smallest absolute Gasteiger partial charge is 0.258 e. The molecule has 25 heavy (non-hydrogen) atoms. The summed E-state index contributed by atoms with van der Waals surface area (Å²) < 4.78 is 13.1. The molecule has 0 fully saturated rings. The first-order chi connectivity index (χ1) is 12.0. The summed E-state index contributed by atoms with van der Waals surface area (Å²) in [6.45, 7) is 0.199. The lowest BCUT2D eigenvalue weighted by Crippen LogP contribution is -2.35. The van der Waals surface area contributed by atoms with E-state index in [1.807, 2.05) is 0 Å². The number of fused-ring (bicyclic) bond motifs is 1. The molecule has 0 radical (unpaired) electrons. The van der Waals surface area contributed by atoms with E-state index in [2.05, 4.69) is 9.97 Å². The van der Waals surface area contributed by atoms with Gasteiger partial charge in [0.15, 0.2) is 0 Å². The molecule has 2 aromatic carbocycles. The summed E-state index contributed by atoms with van der Waals surface area (Å²) in [5, 5.41) is 0.499. The molecule has 0 bridgehead atoms. The summed E-state index contributed by atoms with van der Waals surface area (Å²) in [7, 11) is 1.69. The number of rotatable bonds is 5. The molecule has 0 aliphatic carbocycles. The first-order valence-electron chi connectivity index (χ1n) is 7.68. The highest BCUT2D eigenvalue weighted by atomic mass is 19.1. The Balaban J connectivity index is 1.91. The van der Waals surface area contributed by atoms with Crippen LogP contribution in [0.4, 0.5) is 4.39 Å². The normalized spacial score (nSPS) is 12.4. The van der Waals surface area contributed by atoms with Crippen LogP contribution in [0.1, 0.15) is 17.4 Å². The van der Waals surface area contributed by atoms with Crippen molar-refractivity contribution in [1.29, 1.82) is 0 Å². The van der Waals surface area contributed by atoms with Crippen LogP contribution in [0.3, 0.4) is 0 Å². The Labute approximate surface area is 143 Å². The van der Waals surface area contributed by atoms with Gasteiger partial charge < -0.3 is 10.7 Å². The van der Waals surface area contributed by atoms with Gasteiger partial charge in [0.2, 0.25) is 5.91 Å². The van der Waals surface area contributed by atoms with E-state index in [1.54, 1.807) is 36.2 Å². The molecule has 0 saturated carbocycles. The standard InChI is InChI=1S/C18H17FN4O2/c1-23(16(17(20)24)11-6-8-12(19)9-7-11)10-15-21-14-5-3-2-4-13(14)18(25)22-15/h2-9,16H,10H2,1H3,(H2,20,24)(H,21,22,25)/t16-/m1/s1. The second-order valence-corrected chi connectivity index (χ2v) is 5.80. The van der Waals surface area contributed by atoms with Crippen LogP contribution in [0.5, 0.6) is 0 Å². The van der Waals surface area contributed by atoms with Gasteiger partial charge in [0, 0.05) is 0 Å². The fourth-order valence-electron chi connectivity index (χ4n) is 2.82. The predicted octanol–water partition coefficient (Wildman–Crippen LogP) is 1.72. The SMILES string of the molecule is CN(Cc1nc2ccccc2c(=O)[nH]1)[C@@H](C(N)=O)c1ccc(F)cc1. The lowest BCUT2D eigenvalue weighted by atomic mass is 10.1. The Hall–Kier alpha value is -3.06. The number of nitrogens with zero attached hydrogens (tertiary/aromatic N) is 2. The van der Waals surface area contributed by atoms with E-state index in [0.717, 1.165) is 0 Å². The first kappa shape index (κ1) is 16.8. The van der Waals surface area contributed by atoms with E-state index >= 15 is 0 Å². The van der Waals surface area contributed by atoms with Gasteiger partial charge in [0.25, 0.3) is 5.56 Å². The Kier molecular flexibility index (Phi) is 4.58. The molecule has 0 saturated heterocycles. The van der Waals surface area contributed by atoms with Crippen molar-refractivity contribution < 1.29 is 9.18 Å². The van der Waals surface area contributed by atoms with E-state index in [-0.39, 0.29) is 12.1 Å². The van der Waals surface area contributed by atoms with E-state index in [1.165, 1.54) is 24.3 Å². The molecule has 0 unspecified atom stereocenters. The fraction of sp³-hybridized carbons (Fsp3) is 0.167. The lowest BCUT2D eigenvalue weighted by Gasteiger charge is -2.25. The van der Waals surface area contributed by atoms with Crippen molar-refractivity contribution in [2.24, 2.45) is 5.73 Å². The Bertz CT molecular complexity index is 969. The molecule has 6 nitrogen and oxygen atoms in total. The van der Waals surface area contributed by atoms with Gasteiger partial charge in [-0.15, -0.1) is 0 Å². The van der Waals surface area contributed by atoms with E-state index < -0.39 is 17.8 Å². The number of primary amides is 1. The van der Waals surface area contributed by atoms with Crippen LogP contribution in [0.2, 0.25) is 0 Å². The average Bonchev–Trinajstić information content (AvgIpc) is 2.56. The van der Waals surface area contributed by atoms with Gasteiger partial charge in [-0.25, -0.2) is 9.37 Å². The fourth-order valence-corrected chi connectivity index (χ4v) is 2.82. The summed E-state index contributed by atoms with van der Waals surface area (Å²) >= 11 is 0. The molecule has 7 heteroatoms. The van der Waals surface area contributed by atoms with Crippen LogP contribution in [-0.2, 0) is 11.3 Å². The second-order valence-electron chi connectivity index (χ2n) is 5.80. The van der Waals surface area contributed by atoms with Gasteiger partial charge in [0.05, 0.1) is 17.4 Å². The lowest BCUT2D eigenvalue weighted by molar-refractivity contribution is -0.123. The summed E-state index contributed by atoms with van der Waals surface area (Å²) in [4.78, 5) is 32.8. The highest BCUT2D eigenvalue weighted by Gasteiger charge is 2.23. The molecular formula is C18H17FN4O2. The van der Waals surface area contributed by atoms with Crippen molar-refractivity contribution in [3.8, 4) is 0 Å². The van der Waals surface area contributed by atoms with Crippen LogP contribution < -0.4 is 11.3 Å². The number of carbonyl (C=O) groups excluding carboxylic acids is 1. The highest BCUT2D eigenvalue weighted by molar-refractivity contribution is 5.81. The number of aromatic amines is 1. The zero-order valence-electron chi connectivity index (χ0n) is 13.6. The molecule has 1 heterocycles. The van der Waals surface area contributed by atoms with E-state index in [0.29, 0.717) is 22.3 Å². The Morgan fingerprint density at radius 3 is 2.60 bits per heavy atom. The molecule has 0 spiro atoms. The Morgan fingerprint density at radius 2 is 1.92 bits per heavy atom. The molecule has 1 aromatic heterocycles. The van der Waals surface area contributed by atoms with Crippen molar-refractivity contribution in [2.75, 3.05) is 7.05 Å². The maximum atomic E-state index is 13.1. The third-order valence-corrected chi connectivity index (χ3v) is 3.96. The molecule has 1 atom stereocenters. The third-order valence-electron chi connectivity index (χ3n) is 3.96. The van der Waals surface area contributed by atoms with Crippen LogP contribution in [-0.4, -0.2) is 27.8 Å². The van der Waals surface area contributed by atoms with Gasteiger partial charge in [-0.2, -0.15) is 0 Å². The summed E-state index contributed by atoms with van der Waals surface area (Å²) in [5.74, 6) is -0.549. The van der Waals surface area contributed by atoms with E-state index in [4.69, 9.17) is 5.73 Å². The molecule has 3 aromatic rings. The number of carbonyl (C=O) groups is 1. The van der Waals surface area contributed by atoms with Gasteiger partial charge in [-0.1, -0.05) is 24.3 Å². The van der Waals surface area contributed by atoms with Crippen LogP contribution in [0.25, 0.3) is 10.9 Å². The molecule has 128 valence electrons. The van der Waals surface area contributed by atoms with Crippen molar-refractivity contribution >= 4 is 16.8 Å². The number of halogens is 1. The number of para-hydroxylation sites is 1. The molecule has 1 amide bonds. The molecule has 3 rings (SSSR count). The average molecular weight is 340 g/mol. The van der Waals surface area contributed by atoms with Gasteiger partial charge in [-0.05, 0) is 36.9 Å². The maximum absolute atomic E-state index is 13.1. The Morgan fingerprint density at radius 1 is 1.24 bits per heavy atom. The topological polar surface area (TPSA) is 92.1 Å². The van der Waals surface area contributed by atoms with Crippen LogP contribution in [0.15, 0.2) is 53.3 Å². The second kappa shape index (κ2) is 6.82. The number of benzene rings is 2. The number of nitrogens with one attached hydrogen (secondary N) is 1. The van der Waals surface area contributed by atoms with Gasteiger partial charge >= 0.3 is 0 Å². The summed E-state index contributed by atoms with van der Waals surface area (Å²) in [6.07, 6.45) is 0. The number of amides is 1. The number of hydrogen-bond donors (Lipinski definition) is 2. The van der Waals surface area contributed by atoms with Gasteiger partial charge in [0.1, 0.15) is 17.7 Å². The number of hydrogen-bond acceptors (Lipinski definition) is 4. The number of nitrogens with two attached hydrogens (primary N) is 1. The maximum Gasteiger partial charge on any atom is 0.258 e. The number of likely N-dealkylation sites (N-methyl/N-ethyl adjacent to an activating group) is 1. The van der Waals surface area contributed by atoms with Crippen molar-refractivity contribution in [2.45, 2.75) is 12.6 Å². The zero-order chi connectivity index (χ0) is 18.0. The summed E-state index contributed by atoms with van der Waals surface area (Å²) in [6, 6.07) is 11.8. The minimum absolute atomic E-state index is 0.199. The van der Waals surface area contributed by atoms with E-state index in [9.17, 15) is 14.0 Å². The minimum atomic E-state index is -0.766. The molecule has 0 aliphatic heterocycles. The monoisotopic (exact) mass is 340 g/mol. The highest BCUT2D eigenvalue weighted by Crippen LogP contribution is 2.21. The van der Waals surface area contributed by atoms with Crippen LogP contribution >= 0.6 is 0 Å². The van der Waals surface area contributed by atoms with Crippen molar-refractivity contribution in [3.05, 3.63) is 76.1 Å². The first-order valence-corrected chi connectivity index (χ1v) is 7.68. The quantitative estimate of drug-likeness (QED) is 0.740. The van der Waals surface area contributed by atoms with Crippen molar-refractivity contribution in [3.63, 3.8) is 0 Å². The number of H-pyrrole nitrogens is 1. The third kappa shape index (κ3) is 3.56.